The molecule has 17 atom stereocenters. The Morgan fingerprint density at radius 2 is 0.632 bits per heavy atom. The molecule has 7 amide bonds. The first kappa shape index (κ1) is 91.3. The van der Waals surface area contributed by atoms with E-state index in [0.717, 1.165) is 62.3 Å². The molecule has 10 N–H and O–H groups in total. The van der Waals surface area contributed by atoms with Crippen LogP contribution in [0.25, 0.3) is 0 Å². The van der Waals surface area contributed by atoms with Crippen molar-refractivity contribution in [1.82, 2.24) is 37.2 Å². The lowest BCUT2D eigenvalue weighted by Crippen LogP contribution is -2.67. The highest BCUT2D eigenvalue weighted by molar-refractivity contribution is 5.89. The number of rotatable bonds is 45. The zero-order chi connectivity index (χ0) is 79.2. The molecule has 0 aromatic heterocycles. The number of hydrogen-bond acceptors (Lipinski definition) is 34. The van der Waals surface area contributed by atoms with Gasteiger partial charge in [0, 0.05) is 122 Å². The summed E-state index contributed by atoms with van der Waals surface area (Å²) in [5.74, 6) is -11.3. The van der Waals surface area contributed by atoms with Crippen molar-refractivity contribution in [3.63, 3.8) is 0 Å². The van der Waals surface area contributed by atoms with Crippen LogP contribution in [-0.4, -0.2) is 298 Å². The van der Waals surface area contributed by atoms with Crippen LogP contribution in [0.3, 0.4) is 0 Å². The van der Waals surface area contributed by atoms with Crippen molar-refractivity contribution in [2.24, 2.45) is 0 Å². The van der Waals surface area contributed by atoms with Crippen molar-refractivity contribution in [2.45, 2.75) is 213 Å². The maximum absolute atomic E-state index is 13.8. The SMILES string of the molecule is CC(=O)NC1C(OCCOCCNC(=O)CCC(NC(=O)CCC([NH3+])C(=O)NCCOCCOC2OC(COC(C)=O)C(OC(C)=O)C(OC(C)=O)C2NC(C)=O)C(=O)NCCOCCOC2OC(COC(C)=O)C(OC(C)=O)C(OC(C)=O)C2NC(C)=O)OC(COC(C)=O)C(OC(C)=O)C1OC(C)=O. The van der Waals surface area contributed by atoms with E-state index in [0.29, 0.717) is 0 Å². The molecule has 17 unspecified atom stereocenters. The molecule has 42 nitrogen and oxygen atoms in total. The first-order valence-corrected chi connectivity index (χ1v) is 33.8. The van der Waals surface area contributed by atoms with Gasteiger partial charge in [0.05, 0.1) is 59.5 Å². The maximum Gasteiger partial charge on any atom is 0.303 e. The lowest BCUT2D eigenvalue weighted by Gasteiger charge is -2.44. The first-order chi connectivity index (χ1) is 50.1. The summed E-state index contributed by atoms with van der Waals surface area (Å²) in [7, 11) is 0. The summed E-state index contributed by atoms with van der Waals surface area (Å²) in [5.41, 5.74) is 3.85. The molecule has 0 aliphatic carbocycles. The van der Waals surface area contributed by atoms with Gasteiger partial charge in [0.25, 0.3) is 5.91 Å². The van der Waals surface area contributed by atoms with Crippen molar-refractivity contribution in [1.29, 1.82) is 0 Å². The van der Waals surface area contributed by atoms with Crippen LogP contribution in [0.2, 0.25) is 0 Å². The highest BCUT2D eigenvalue weighted by Crippen LogP contribution is 2.31. The van der Waals surface area contributed by atoms with Gasteiger partial charge in [-0.1, -0.05) is 0 Å². The fraction of sp³-hybridized carbons (Fsp3) is 0.750. The van der Waals surface area contributed by atoms with Crippen LogP contribution in [0.15, 0.2) is 0 Å². The zero-order valence-corrected chi connectivity index (χ0v) is 61.3. The number of ether oxygens (including phenoxy) is 18. The smallest absolute Gasteiger partial charge is 0.303 e. The summed E-state index contributed by atoms with van der Waals surface area (Å²) in [5, 5.41) is 18.2. The van der Waals surface area contributed by atoms with Gasteiger partial charge in [-0.25, -0.2) is 0 Å². The summed E-state index contributed by atoms with van der Waals surface area (Å²) >= 11 is 0. The number of nitrogens with one attached hydrogen (secondary N) is 7. The molecule has 3 rings (SSSR count). The van der Waals surface area contributed by atoms with E-state index in [9.17, 15) is 76.7 Å². The van der Waals surface area contributed by atoms with E-state index in [1.807, 2.05) is 0 Å². The van der Waals surface area contributed by atoms with Gasteiger partial charge in [-0.15, -0.1) is 0 Å². The Kier molecular flexibility index (Phi) is 41.7. The second kappa shape index (κ2) is 48.3. The predicted octanol–water partition coefficient (Wildman–Crippen LogP) is -5.94. The minimum absolute atomic E-state index is 0.0395. The molecule has 0 spiro atoms. The average Bonchev–Trinajstić information content (AvgIpc) is 0.801. The number of carbonyl (C=O) groups excluding carboxylic acids is 16. The highest BCUT2D eigenvalue weighted by Gasteiger charge is 2.54. The summed E-state index contributed by atoms with van der Waals surface area (Å²) in [6.07, 6.45) is -16.9. The van der Waals surface area contributed by atoms with E-state index < -0.39 is 219 Å². The summed E-state index contributed by atoms with van der Waals surface area (Å²) in [4.78, 5) is 199. The molecule has 106 heavy (non-hydrogen) atoms. The minimum Gasteiger partial charge on any atom is -0.463 e. The van der Waals surface area contributed by atoms with Gasteiger partial charge in [0.15, 0.2) is 61.5 Å². The van der Waals surface area contributed by atoms with Crippen LogP contribution in [0.5, 0.6) is 0 Å². The molecule has 0 radical (unpaired) electrons. The number of amides is 7. The molecular formula is C64H101N8O34+. The topological polar surface area (TPSA) is 551 Å². The normalized spacial score (nSPS) is 24.4. The molecule has 3 saturated heterocycles. The van der Waals surface area contributed by atoms with Gasteiger partial charge in [0.2, 0.25) is 35.4 Å². The van der Waals surface area contributed by atoms with Gasteiger partial charge in [-0.05, 0) is 6.42 Å². The molecule has 3 fully saturated rings. The quantitative estimate of drug-likeness (QED) is 0.0160. The fourth-order valence-corrected chi connectivity index (χ4v) is 10.6. The average molecular weight is 1530 g/mol. The van der Waals surface area contributed by atoms with E-state index in [1.165, 1.54) is 20.8 Å². The Hall–Kier alpha value is -8.88. The van der Waals surface area contributed by atoms with E-state index in [-0.39, 0.29) is 105 Å². The summed E-state index contributed by atoms with van der Waals surface area (Å²) in [6, 6.07) is -6.04. The van der Waals surface area contributed by atoms with Crippen molar-refractivity contribution in [2.75, 3.05) is 98.9 Å². The molecule has 42 heteroatoms. The van der Waals surface area contributed by atoms with E-state index in [2.05, 4.69) is 43.0 Å². The molecular weight excluding hydrogens is 1420 g/mol. The fourth-order valence-electron chi connectivity index (χ4n) is 10.6. The van der Waals surface area contributed by atoms with Gasteiger partial charge < -0.3 is 128 Å². The highest BCUT2D eigenvalue weighted by atomic mass is 16.7. The van der Waals surface area contributed by atoms with Crippen LogP contribution in [0.4, 0.5) is 0 Å². The van der Waals surface area contributed by atoms with Crippen LogP contribution in [0.1, 0.15) is 109 Å². The van der Waals surface area contributed by atoms with Crippen LogP contribution in [-0.2, 0) is 162 Å². The molecule has 0 aromatic carbocycles. The molecule has 600 valence electrons. The molecule has 3 aliphatic rings. The number of hydrogen-bond donors (Lipinski definition) is 8. The standard InChI is InChI=1S/C64H100N8O34/c1-32(73)69-51-57(101-41(10)82)54(98-38(7)79)46(29-95-35(4)76)104-62(51)92-26-23-89-20-17-66-49(85)16-14-45(61(88)68-19-22-91-25-28-94-64-53(71-34(3)75)59(103-43(12)84)56(100-40(9)81)48(106-64)31-97-37(6)78)72-50(86)15-13-44(65)60(87)67-18-21-90-24-27-93-63-52(70-33(2)74)58(102-42(11)83)55(99-39(8)80)47(105-63)30-96-36(5)77/h44-48,51-59,62-64H,13-31,65H2,1-12H3,(H,66,85)(H,67,87)(H,68,88)(H,69,73)(H,70,74)(H,71,75)(H,72,86)/p+1. The minimum atomic E-state index is -1.39. The molecule has 3 heterocycles. The Balaban J connectivity index is 1.64. The summed E-state index contributed by atoms with van der Waals surface area (Å²) in [6.45, 7) is 10.5. The van der Waals surface area contributed by atoms with Gasteiger partial charge in [0.1, 0.15) is 62.3 Å². The van der Waals surface area contributed by atoms with Crippen molar-refractivity contribution >= 4 is 95.1 Å². The monoisotopic (exact) mass is 1530 g/mol. The first-order valence-electron chi connectivity index (χ1n) is 33.8. The number of esters is 9. The van der Waals surface area contributed by atoms with Crippen LogP contribution in [0, 0.1) is 0 Å². The van der Waals surface area contributed by atoms with E-state index in [4.69, 9.17) is 85.3 Å². The Morgan fingerprint density at radius 3 is 0.934 bits per heavy atom. The number of quaternary nitrogens is 1. The third-order valence-electron chi connectivity index (χ3n) is 14.8. The van der Waals surface area contributed by atoms with Crippen molar-refractivity contribution in [3.05, 3.63) is 0 Å². The zero-order valence-electron chi connectivity index (χ0n) is 61.3. The van der Waals surface area contributed by atoms with Crippen LogP contribution < -0.4 is 43.0 Å². The van der Waals surface area contributed by atoms with Crippen LogP contribution >= 0.6 is 0 Å². The second-order valence-electron chi connectivity index (χ2n) is 23.9. The van der Waals surface area contributed by atoms with E-state index in [1.54, 1.807) is 0 Å². The van der Waals surface area contributed by atoms with Crippen molar-refractivity contribution < 1.29 is 168 Å². The third-order valence-corrected chi connectivity index (χ3v) is 14.8. The molecule has 0 saturated carbocycles. The Labute approximate surface area is 610 Å². The summed E-state index contributed by atoms with van der Waals surface area (Å²) < 4.78 is 100. The lowest BCUT2D eigenvalue weighted by molar-refractivity contribution is -0.404. The second-order valence-corrected chi connectivity index (χ2v) is 23.9. The number of carbonyl (C=O) groups is 16. The van der Waals surface area contributed by atoms with E-state index >= 15 is 0 Å². The lowest BCUT2D eigenvalue weighted by atomic mass is 9.96. The maximum atomic E-state index is 13.8. The largest absolute Gasteiger partial charge is 0.463 e. The molecule has 3 aliphatic heterocycles. The van der Waals surface area contributed by atoms with Gasteiger partial charge >= 0.3 is 53.7 Å². The Morgan fingerprint density at radius 1 is 0.340 bits per heavy atom. The van der Waals surface area contributed by atoms with Gasteiger partial charge in [-0.2, -0.15) is 0 Å². The molecule has 0 bridgehead atoms. The Bertz CT molecular complexity index is 2960. The molecule has 0 aromatic rings. The predicted molar refractivity (Wildman–Crippen MR) is 348 cm³/mol. The van der Waals surface area contributed by atoms with Crippen molar-refractivity contribution in [3.8, 4) is 0 Å². The third kappa shape index (κ3) is 35.5. The van der Waals surface area contributed by atoms with Gasteiger partial charge in [-0.3, -0.25) is 76.7 Å².